The van der Waals surface area contributed by atoms with Crippen LogP contribution in [-0.4, -0.2) is 37.0 Å². The highest BCUT2D eigenvalue weighted by Gasteiger charge is 2.25. The Bertz CT molecular complexity index is 820. The van der Waals surface area contributed by atoms with Crippen LogP contribution in [-0.2, 0) is 0 Å². The van der Waals surface area contributed by atoms with Gasteiger partial charge in [0.25, 0.3) is 5.91 Å². The number of carbonyl (C=O) groups excluding carboxylic acids is 1. The van der Waals surface area contributed by atoms with E-state index < -0.39 is 0 Å². The average Bonchev–Trinajstić information content (AvgIpc) is 3.20. The van der Waals surface area contributed by atoms with Crippen molar-refractivity contribution in [1.82, 2.24) is 10.2 Å². The van der Waals surface area contributed by atoms with Crippen LogP contribution in [0.1, 0.15) is 16.1 Å². The van der Waals surface area contributed by atoms with Crippen LogP contribution in [0.25, 0.3) is 19.5 Å². The molecule has 0 bridgehead atoms. The number of hydrogen-bond donors (Lipinski definition) is 1. The summed E-state index contributed by atoms with van der Waals surface area (Å²) in [4.78, 5) is 15.4. The Balaban J connectivity index is 0.00000144. The molecule has 1 fully saturated rings. The van der Waals surface area contributed by atoms with Gasteiger partial charge in [0.2, 0.25) is 0 Å². The zero-order valence-corrected chi connectivity index (χ0v) is 14.6. The first-order valence-corrected chi connectivity index (χ1v) is 8.76. The fraction of sp³-hybridized carbons (Fsp3) is 0.312. The second kappa shape index (κ2) is 6.16. The number of nitrogens with zero attached hydrogens (tertiary/aromatic N) is 1. The lowest BCUT2D eigenvalue weighted by Gasteiger charge is -2.22. The molecule has 3 heterocycles. The van der Waals surface area contributed by atoms with Crippen LogP contribution < -0.4 is 5.32 Å². The minimum atomic E-state index is 0. The Morgan fingerprint density at radius 1 is 1.27 bits per heavy atom. The fourth-order valence-corrected chi connectivity index (χ4v) is 5.42. The summed E-state index contributed by atoms with van der Waals surface area (Å²) >= 11 is 3.40. The first-order valence-electron chi connectivity index (χ1n) is 7.13. The summed E-state index contributed by atoms with van der Waals surface area (Å²) in [6.45, 7) is 1.91. The Labute approximate surface area is 143 Å². The maximum absolute atomic E-state index is 12.6. The Morgan fingerprint density at radius 3 is 2.86 bits per heavy atom. The maximum atomic E-state index is 12.6. The average molecular weight is 353 g/mol. The highest BCUT2D eigenvalue weighted by molar-refractivity contribution is 7.33. The summed E-state index contributed by atoms with van der Waals surface area (Å²) in [6, 6.07) is 10.8. The quantitative estimate of drug-likeness (QED) is 0.756. The largest absolute Gasteiger partial charge is 0.337 e. The molecular weight excluding hydrogens is 336 g/mol. The van der Waals surface area contributed by atoms with E-state index in [1.54, 1.807) is 22.7 Å². The molecule has 3 aromatic rings. The number of thiophene rings is 2. The van der Waals surface area contributed by atoms with E-state index in [-0.39, 0.29) is 18.3 Å². The predicted molar refractivity (Wildman–Crippen MR) is 97.8 cm³/mol. The third kappa shape index (κ3) is 2.52. The first-order chi connectivity index (χ1) is 10.2. The van der Waals surface area contributed by atoms with Crippen molar-refractivity contribution in [2.24, 2.45) is 0 Å². The molecule has 1 aromatic carbocycles. The number of nitrogens with one attached hydrogen (secondary N) is 1. The van der Waals surface area contributed by atoms with Crippen molar-refractivity contribution in [2.75, 3.05) is 20.1 Å². The van der Waals surface area contributed by atoms with Gasteiger partial charge < -0.3 is 10.2 Å². The molecule has 22 heavy (non-hydrogen) atoms. The van der Waals surface area contributed by atoms with Crippen molar-refractivity contribution in [2.45, 2.75) is 12.5 Å². The van der Waals surface area contributed by atoms with E-state index >= 15 is 0 Å². The molecule has 0 spiro atoms. The van der Waals surface area contributed by atoms with Crippen LogP contribution in [0.15, 0.2) is 30.3 Å². The van der Waals surface area contributed by atoms with E-state index in [1.165, 1.54) is 19.5 Å². The molecule has 116 valence electrons. The molecule has 0 saturated carbocycles. The van der Waals surface area contributed by atoms with Gasteiger partial charge in [0.15, 0.2) is 0 Å². The summed E-state index contributed by atoms with van der Waals surface area (Å²) in [7, 11) is 1.92. The molecule has 4 rings (SSSR count). The molecule has 0 radical (unpaired) electrons. The molecule has 3 nitrogen and oxygen atoms in total. The second-order valence-electron chi connectivity index (χ2n) is 5.46. The molecule has 1 aliphatic heterocycles. The summed E-state index contributed by atoms with van der Waals surface area (Å²) in [5.41, 5.74) is 0. The second-order valence-corrected chi connectivity index (χ2v) is 7.60. The number of hydrogen-bond acceptors (Lipinski definition) is 4. The van der Waals surface area contributed by atoms with Crippen molar-refractivity contribution in [3.05, 3.63) is 35.2 Å². The lowest BCUT2D eigenvalue weighted by molar-refractivity contribution is 0.0749. The lowest BCUT2D eigenvalue weighted by atomic mass is 10.2. The summed E-state index contributed by atoms with van der Waals surface area (Å²) in [5, 5.41) is 4.59. The Kier molecular flexibility index (Phi) is 4.41. The Morgan fingerprint density at radius 2 is 2.09 bits per heavy atom. The zero-order valence-electron chi connectivity index (χ0n) is 12.2. The van der Waals surface area contributed by atoms with Gasteiger partial charge in [0.05, 0.1) is 9.58 Å². The molecule has 1 atom stereocenters. The highest BCUT2D eigenvalue weighted by Crippen LogP contribution is 2.39. The van der Waals surface area contributed by atoms with E-state index in [0.717, 1.165) is 24.4 Å². The number of carbonyl (C=O) groups is 1. The topological polar surface area (TPSA) is 32.3 Å². The number of halogens is 1. The van der Waals surface area contributed by atoms with Crippen LogP contribution in [0.5, 0.6) is 0 Å². The first kappa shape index (κ1) is 15.7. The van der Waals surface area contributed by atoms with E-state index in [1.807, 2.05) is 11.9 Å². The monoisotopic (exact) mass is 352 g/mol. The summed E-state index contributed by atoms with van der Waals surface area (Å²) in [6.07, 6.45) is 1.05. The van der Waals surface area contributed by atoms with E-state index in [0.29, 0.717) is 6.04 Å². The minimum Gasteiger partial charge on any atom is -0.337 e. The molecular formula is C16H17ClN2OS2. The number of rotatable bonds is 2. The number of likely N-dealkylation sites (N-methyl/N-ethyl adjacent to an activating group) is 1. The Hall–Kier alpha value is -1.14. The number of amides is 1. The van der Waals surface area contributed by atoms with E-state index in [4.69, 9.17) is 0 Å². The molecule has 1 saturated heterocycles. The van der Waals surface area contributed by atoms with Crippen LogP contribution in [0.3, 0.4) is 0 Å². The van der Waals surface area contributed by atoms with Crippen LogP contribution in [0.2, 0.25) is 0 Å². The summed E-state index contributed by atoms with van der Waals surface area (Å²) < 4.78 is 3.77. The molecule has 1 N–H and O–H groups in total. The van der Waals surface area contributed by atoms with Crippen molar-refractivity contribution in [1.29, 1.82) is 0 Å². The SMILES string of the molecule is CN(C(=O)c1cc2sc3ccccc3c2s1)C1CCNC1.Cl. The van der Waals surface area contributed by atoms with Gasteiger partial charge in [0, 0.05) is 34.4 Å². The van der Waals surface area contributed by atoms with Gasteiger partial charge in [-0.15, -0.1) is 35.1 Å². The molecule has 1 unspecified atom stereocenters. The molecule has 6 heteroatoms. The molecule has 1 aliphatic rings. The fourth-order valence-electron chi connectivity index (χ4n) is 2.91. The number of fused-ring (bicyclic) bond motifs is 3. The van der Waals surface area contributed by atoms with Gasteiger partial charge in [-0.3, -0.25) is 4.79 Å². The van der Waals surface area contributed by atoms with Gasteiger partial charge in [-0.1, -0.05) is 18.2 Å². The van der Waals surface area contributed by atoms with Crippen molar-refractivity contribution >= 4 is 60.5 Å². The van der Waals surface area contributed by atoms with Gasteiger partial charge >= 0.3 is 0 Å². The molecule has 0 aliphatic carbocycles. The van der Waals surface area contributed by atoms with Crippen LogP contribution in [0.4, 0.5) is 0 Å². The smallest absolute Gasteiger partial charge is 0.264 e. The number of benzene rings is 1. The van der Waals surface area contributed by atoms with Crippen molar-refractivity contribution in [3.8, 4) is 0 Å². The minimum absolute atomic E-state index is 0. The van der Waals surface area contributed by atoms with Gasteiger partial charge in [-0.2, -0.15) is 0 Å². The van der Waals surface area contributed by atoms with Crippen molar-refractivity contribution in [3.63, 3.8) is 0 Å². The predicted octanol–water partition coefficient (Wildman–Crippen LogP) is 3.97. The van der Waals surface area contributed by atoms with Gasteiger partial charge in [0.1, 0.15) is 0 Å². The lowest BCUT2D eigenvalue weighted by Crippen LogP contribution is -2.37. The third-order valence-electron chi connectivity index (χ3n) is 4.16. The normalized spacial score (nSPS) is 17.8. The standard InChI is InChI=1S/C16H16N2OS2.ClH/c1-18(10-6-7-17-9-10)16(19)14-8-13-15(21-14)11-4-2-3-5-12(11)20-13;/h2-5,8,10,17H,6-7,9H2,1H3;1H. The molecule has 2 aromatic heterocycles. The van der Waals surface area contributed by atoms with Gasteiger partial charge in [-0.25, -0.2) is 0 Å². The zero-order chi connectivity index (χ0) is 14.4. The van der Waals surface area contributed by atoms with Crippen LogP contribution >= 0.6 is 35.1 Å². The van der Waals surface area contributed by atoms with Crippen molar-refractivity contribution < 1.29 is 4.79 Å². The van der Waals surface area contributed by atoms with E-state index in [9.17, 15) is 4.79 Å². The van der Waals surface area contributed by atoms with E-state index in [2.05, 4.69) is 35.6 Å². The van der Waals surface area contributed by atoms with Crippen LogP contribution in [0, 0.1) is 0 Å². The highest BCUT2D eigenvalue weighted by atomic mass is 35.5. The third-order valence-corrected chi connectivity index (χ3v) is 6.57. The van der Waals surface area contributed by atoms with Gasteiger partial charge in [-0.05, 0) is 25.1 Å². The maximum Gasteiger partial charge on any atom is 0.264 e. The molecule has 1 amide bonds. The summed E-state index contributed by atoms with van der Waals surface area (Å²) in [5.74, 6) is 0.154.